The largest absolute Gasteiger partial charge is 0.325 e. The molecule has 4 heteroatoms. The average Bonchev–Trinajstić information content (AvgIpc) is 2.96. The highest BCUT2D eigenvalue weighted by Crippen LogP contribution is 2.18. The molecule has 0 aromatic carbocycles. The Morgan fingerprint density at radius 1 is 1.47 bits per heavy atom. The number of unbranched alkanes of at least 4 members (excludes halogenated alkanes) is 1. The molecule has 1 heterocycles. The topological polar surface area (TPSA) is 50.9 Å². The first-order valence-corrected chi connectivity index (χ1v) is 6.63. The smallest absolute Gasteiger partial charge is 0.106 e. The number of thiazole rings is 1. The molecule has 3 nitrogen and oxygen atoms in total. The van der Waals surface area contributed by atoms with E-state index >= 15 is 0 Å². The first-order valence-electron chi connectivity index (χ1n) is 5.75. The normalized spacial score (nSPS) is 15.8. The third-order valence-corrected chi connectivity index (χ3v) is 3.56. The summed E-state index contributed by atoms with van der Waals surface area (Å²) in [5.74, 6) is 0. The molecule has 1 fully saturated rings. The highest BCUT2D eigenvalue weighted by atomic mass is 32.1. The molecular weight excluding hydrogens is 206 g/mol. The zero-order chi connectivity index (χ0) is 10.5. The van der Waals surface area contributed by atoms with Crippen molar-refractivity contribution in [3.05, 3.63) is 16.1 Å². The van der Waals surface area contributed by atoms with E-state index < -0.39 is 0 Å². The van der Waals surface area contributed by atoms with Gasteiger partial charge in [0.15, 0.2) is 0 Å². The summed E-state index contributed by atoms with van der Waals surface area (Å²) < 4.78 is 0. The molecule has 15 heavy (non-hydrogen) atoms. The fourth-order valence-electron chi connectivity index (χ4n) is 1.58. The van der Waals surface area contributed by atoms with Gasteiger partial charge in [0.2, 0.25) is 0 Å². The molecule has 0 spiro atoms. The van der Waals surface area contributed by atoms with Crippen molar-refractivity contribution in [3.8, 4) is 0 Å². The van der Waals surface area contributed by atoms with E-state index in [1.165, 1.54) is 37.9 Å². The van der Waals surface area contributed by atoms with Gasteiger partial charge in [-0.1, -0.05) is 0 Å². The van der Waals surface area contributed by atoms with Crippen LogP contribution >= 0.6 is 11.3 Å². The van der Waals surface area contributed by atoms with Gasteiger partial charge in [-0.2, -0.15) is 0 Å². The maximum Gasteiger partial charge on any atom is 0.106 e. The molecule has 3 N–H and O–H groups in total. The van der Waals surface area contributed by atoms with Crippen molar-refractivity contribution in [2.75, 3.05) is 6.54 Å². The molecule has 0 aliphatic heterocycles. The molecule has 0 amide bonds. The van der Waals surface area contributed by atoms with Crippen molar-refractivity contribution < 1.29 is 0 Å². The van der Waals surface area contributed by atoms with Gasteiger partial charge in [0, 0.05) is 18.0 Å². The van der Waals surface area contributed by atoms with Crippen LogP contribution in [0.1, 0.15) is 36.4 Å². The van der Waals surface area contributed by atoms with Crippen LogP contribution in [0.15, 0.2) is 5.38 Å². The van der Waals surface area contributed by atoms with Gasteiger partial charge in [-0.15, -0.1) is 11.3 Å². The Balaban J connectivity index is 1.56. The van der Waals surface area contributed by atoms with Crippen LogP contribution < -0.4 is 11.1 Å². The van der Waals surface area contributed by atoms with E-state index in [0.717, 1.165) is 17.5 Å². The highest BCUT2D eigenvalue weighted by molar-refractivity contribution is 7.09. The molecule has 2 rings (SSSR count). The zero-order valence-electron chi connectivity index (χ0n) is 9.04. The van der Waals surface area contributed by atoms with Gasteiger partial charge in [-0.3, -0.25) is 0 Å². The van der Waals surface area contributed by atoms with Crippen molar-refractivity contribution in [3.63, 3.8) is 0 Å². The lowest BCUT2D eigenvalue weighted by Gasteiger charge is -2.00. The van der Waals surface area contributed by atoms with E-state index in [9.17, 15) is 0 Å². The molecule has 84 valence electrons. The molecule has 0 bridgehead atoms. The van der Waals surface area contributed by atoms with Crippen LogP contribution in [0, 0.1) is 0 Å². The summed E-state index contributed by atoms with van der Waals surface area (Å²) in [6.07, 6.45) is 6.35. The van der Waals surface area contributed by atoms with Crippen LogP contribution in [0.3, 0.4) is 0 Å². The van der Waals surface area contributed by atoms with E-state index in [0.29, 0.717) is 6.54 Å². The molecule has 1 aliphatic carbocycles. The maximum absolute atomic E-state index is 5.52. The number of aromatic nitrogens is 1. The Hall–Kier alpha value is -0.450. The number of nitrogens with two attached hydrogens (primary N) is 1. The number of hydrogen-bond donors (Lipinski definition) is 2. The summed E-state index contributed by atoms with van der Waals surface area (Å²) >= 11 is 1.68. The third-order valence-electron chi connectivity index (χ3n) is 2.64. The van der Waals surface area contributed by atoms with E-state index in [4.69, 9.17) is 5.73 Å². The Morgan fingerprint density at radius 3 is 3.00 bits per heavy atom. The molecule has 1 aromatic heterocycles. The van der Waals surface area contributed by atoms with Gasteiger partial charge in [-0.05, 0) is 38.6 Å². The van der Waals surface area contributed by atoms with Crippen LogP contribution in [-0.4, -0.2) is 17.6 Å². The lowest BCUT2D eigenvalue weighted by Crippen LogP contribution is -2.17. The Bertz CT molecular complexity index is 294. The first kappa shape index (κ1) is 11.0. The average molecular weight is 225 g/mol. The maximum atomic E-state index is 5.52. The second-order valence-electron chi connectivity index (χ2n) is 4.12. The van der Waals surface area contributed by atoms with Crippen molar-refractivity contribution in [1.82, 2.24) is 10.3 Å². The van der Waals surface area contributed by atoms with Gasteiger partial charge >= 0.3 is 0 Å². The molecular formula is C11H19N3S. The fraction of sp³-hybridized carbons (Fsp3) is 0.727. The Morgan fingerprint density at radius 2 is 2.33 bits per heavy atom. The molecule has 0 saturated heterocycles. The molecule has 1 aliphatic rings. The van der Waals surface area contributed by atoms with Crippen molar-refractivity contribution >= 4 is 11.3 Å². The quantitative estimate of drug-likeness (QED) is 0.694. The minimum atomic E-state index is 0.577. The summed E-state index contributed by atoms with van der Waals surface area (Å²) in [7, 11) is 0. The summed E-state index contributed by atoms with van der Waals surface area (Å²) in [5, 5.41) is 6.71. The monoisotopic (exact) mass is 225 g/mol. The van der Waals surface area contributed by atoms with Crippen molar-refractivity contribution in [2.24, 2.45) is 5.73 Å². The minimum absolute atomic E-state index is 0.577. The lowest BCUT2D eigenvalue weighted by atomic mass is 10.2. The van der Waals surface area contributed by atoms with Gasteiger partial charge in [0.1, 0.15) is 5.01 Å². The van der Waals surface area contributed by atoms with E-state index in [-0.39, 0.29) is 0 Å². The predicted molar refractivity (Wildman–Crippen MR) is 64.0 cm³/mol. The number of rotatable bonds is 7. The van der Waals surface area contributed by atoms with Crippen LogP contribution in [0.4, 0.5) is 0 Å². The predicted octanol–water partition coefficient (Wildman–Crippen LogP) is 1.68. The summed E-state index contributed by atoms with van der Waals surface area (Å²) in [6.45, 7) is 1.74. The van der Waals surface area contributed by atoms with Crippen molar-refractivity contribution in [2.45, 2.75) is 44.7 Å². The first-order chi connectivity index (χ1) is 7.38. The zero-order valence-corrected chi connectivity index (χ0v) is 9.85. The second kappa shape index (κ2) is 5.58. The molecule has 0 atom stereocenters. The van der Waals surface area contributed by atoms with E-state index in [2.05, 4.69) is 15.7 Å². The molecule has 0 radical (unpaired) electrons. The second-order valence-corrected chi connectivity index (χ2v) is 5.06. The summed E-state index contributed by atoms with van der Waals surface area (Å²) in [5.41, 5.74) is 6.73. The van der Waals surface area contributed by atoms with Crippen molar-refractivity contribution in [1.29, 1.82) is 0 Å². The number of aryl methyl sites for hydroxylation is 1. The Kier molecular flexibility index (Phi) is 4.11. The number of nitrogens with zero attached hydrogens (tertiary/aromatic N) is 1. The van der Waals surface area contributed by atoms with E-state index in [1.54, 1.807) is 11.3 Å². The van der Waals surface area contributed by atoms with Crippen LogP contribution in [0.25, 0.3) is 0 Å². The SMILES string of the molecule is NCc1nc(CCCCNC2CC2)cs1. The standard InChI is InChI=1S/C11H19N3S/c12-7-11-14-10(8-15-11)3-1-2-6-13-9-4-5-9/h8-9,13H,1-7,12H2. The van der Waals surface area contributed by atoms with E-state index in [1.807, 2.05) is 0 Å². The third kappa shape index (κ3) is 3.89. The molecule has 0 unspecified atom stereocenters. The van der Waals surface area contributed by atoms with Gasteiger partial charge in [-0.25, -0.2) is 4.98 Å². The summed E-state index contributed by atoms with van der Waals surface area (Å²) in [4.78, 5) is 4.45. The Labute approximate surface area is 95.1 Å². The lowest BCUT2D eigenvalue weighted by molar-refractivity contribution is 0.617. The molecule has 1 saturated carbocycles. The van der Waals surface area contributed by atoms with Crippen LogP contribution in [0.2, 0.25) is 0 Å². The van der Waals surface area contributed by atoms with Gasteiger partial charge in [0.25, 0.3) is 0 Å². The highest BCUT2D eigenvalue weighted by Gasteiger charge is 2.19. The van der Waals surface area contributed by atoms with Crippen LogP contribution in [0.5, 0.6) is 0 Å². The fourth-order valence-corrected chi connectivity index (χ4v) is 2.29. The van der Waals surface area contributed by atoms with Crippen LogP contribution in [-0.2, 0) is 13.0 Å². The summed E-state index contributed by atoms with van der Waals surface area (Å²) in [6, 6.07) is 0.841. The number of hydrogen-bond acceptors (Lipinski definition) is 4. The minimum Gasteiger partial charge on any atom is -0.325 e. The number of nitrogens with one attached hydrogen (secondary N) is 1. The molecule has 1 aromatic rings. The van der Waals surface area contributed by atoms with Gasteiger partial charge < -0.3 is 11.1 Å². The van der Waals surface area contributed by atoms with Gasteiger partial charge in [0.05, 0.1) is 5.69 Å².